The Bertz CT molecular complexity index is 1200. The van der Waals surface area contributed by atoms with Crippen molar-refractivity contribution in [2.24, 2.45) is 5.73 Å². The third-order valence-corrected chi connectivity index (χ3v) is 6.12. The minimum absolute atomic E-state index is 0.575. The maximum atomic E-state index is 12.3. The molecule has 0 spiro atoms. The third kappa shape index (κ3) is 12.0. The Morgan fingerprint density at radius 3 is 1.19 bits per heavy atom. The number of rotatable bonds is 12. The lowest BCUT2D eigenvalue weighted by Crippen LogP contribution is -2.67. The van der Waals surface area contributed by atoms with E-state index in [1.165, 1.54) is 0 Å². The van der Waals surface area contributed by atoms with Crippen LogP contribution in [0.15, 0.2) is 0 Å². The Kier molecular flexibility index (Phi) is 14.3. The van der Waals surface area contributed by atoms with E-state index in [1.54, 1.807) is 0 Å². The van der Waals surface area contributed by atoms with Gasteiger partial charge in [0.15, 0.2) is 42.9 Å². The van der Waals surface area contributed by atoms with Crippen molar-refractivity contribution in [1.82, 2.24) is 0 Å². The number of hydrogen-bond donors (Lipinski definition) is 1. The second-order valence-corrected chi connectivity index (χ2v) is 10.1. The molecular formula is C27H37NO19. The molecule has 2 aliphatic heterocycles. The molecule has 0 radical (unpaired) electrons. The van der Waals surface area contributed by atoms with Crippen molar-refractivity contribution in [3.05, 3.63) is 0 Å². The number of esters is 7. The zero-order valence-corrected chi connectivity index (χ0v) is 26.5. The highest BCUT2D eigenvalue weighted by molar-refractivity contribution is 5.69. The summed E-state index contributed by atoms with van der Waals surface area (Å²) in [6, 6.07) is 0. The molecule has 0 unspecified atom stereocenters. The first-order valence-electron chi connectivity index (χ1n) is 13.9. The Balaban J connectivity index is 2.72. The lowest BCUT2D eigenvalue weighted by Gasteiger charge is -2.48. The van der Waals surface area contributed by atoms with Gasteiger partial charge in [0.1, 0.15) is 25.4 Å². The molecule has 20 nitrogen and oxygen atoms in total. The Morgan fingerprint density at radius 1 is 0.447 bits per heavy atom. The molecule has 2 rings (SSSR count). The summed E-state index contributed by atoms with van der Waals surface area (Å²) in [5, 5.41) is 0. The fourth-order valence-corrected chi connectivity index (χ4v) is 4.67. The number of nitrogens with two attached hydrogens (primary N) is 1. The van der Waals surface area contributed by atoms with Gasteiger partial charge in [-0.3, -0.25) is 33.6 Å². The van der Waals surface area contributed by atoms with E-state index in [0.717, 1.165) is 48.5 Å². The smallest absolute Gasteiger partial charge is 0.405 e. The molecule has 1 amide bonds. The number of primary amides is 1. The topological polar surface area (TPSA) is 264 Å². The minimum Gasteiger partial charge on any atom is -0.463 e. The first kappa shape index (κ1) is 38.6. The second-order valence-electron chi connectivity index (χ2n) is 10.1. The summed E-state index contributed by atoms with van der Waals surface area (Å²) in [6.45, 7) is 5.90. The van der Waals surface area contributed by atoms with Crippen LogP contribution in [0.1, 0.15) is 48.5 Å². The van der Waals surface area contributed by atoms with Crippen molar-refractivity contribution in [2.75, 3.05) is 13.2 Å². The van der Waals surface area contributed by atoms with Crippen molar-refractivity contribution >= 4 is 47.9 Å². The molecular weight excluding hydrogens is 642 g/mol. The highest BCUT2D eigenvalue weighted by atomic mass is 16.8. The van der Waals surface area contributed by atoms with Crippen LogP contribution in [0.3, 0.4) is 0 Å². The second kappa shape index (κ2) is 17.4. The zero-order valence-electron chi connectivity index (χ0n) is 26.5. The number of carbonyl (C=O) groups is 8. The molecule has 0 aliphatic carbocycles. The zero-order chi connectivity index (χ0) is 35.6. The highest BCUT2D eigenvalue weighted by Crippen LogP contribution is 2.35. The molecule has 2 saturated heterocycles. The predicted octanol–water partition coefficient (Wildman–Crippen LogP) is -1.30. The summed E-state index contributed by atoms with van der Waals surface area (Å²) >= 11 is 0. The van der Waals surface area contributed by atoms with Gasteiger partial charge >= 0.3 is 47.9 Å². The van der Waals surface area contributed by atoms with Crippen LogP contribution in [-0.2, 0) is 85.7 Å². The largest absolute Gasteiger partial charge is 0.463 e. The molecule has 2 aliphatic rings. The SMILES string of the molecule is CC(=O)OC[C@H]1O[C@H](OC(C)=O)[C@H](O[C@@H]2O[C@H](COC(C)=O)[C@@H](OC(C)=O)[C@H](OC(N)=O)[C@@H]2OC(C)=O)[C@H](OC(C)=O)[C@H]1OC(C)=O. The maximum absolute atomic E-state index is 12.3. The number of carbonyl (C=O) groups excluding carboxylic acids is 8. The molecule has 0 aromatic heterocycles. The van der Waals surface area contributed by atoms with Crippen molar-refractivity contribution in [2.45, 2.75) is 110 Å². The molecule has 20 heteroatoms. The van der Waals surface area contributed by atoms with Crippen LogP contribution in [0, 0.1) is 0 Å². The number of hydrogen-bond acceptors (Lipinski definition) is 19. The lowest BCUT2D eigenvalue weighted by atomic mass is 9.96. The quantitative estimate of drug-likeness (QED) is 0.185. The molecule has 0 aromatic carbocycles. The Labute approximate surface area is 267 Å². The highest BCUT2D eigenvalue weighted by Gasteiger charge is 2.58. The summed E-state index contributed by atoms with van der Waals surface area (Å²) < 4.78 is 59.6. The van der Waals surface area contributed by atoms with Gasteiger partial charge in [0, 0.05) is 48.5 Å². The molecule has 2 heterocycles. The van der Waals surface area contributed by atoms with Gasteiger partial charge in [0.2, 0.25) is 6.29 Å². The first-order valence-corrected chi connectivity index (χ1v) is 13.9. The third-order valence-electron chi connectivity index (χ3n) is 6.12. The van der Waals surface area contributed by atoms with E-state index in [2.05, 4.69) is 0 Å². The molecule has 2 N–H and O–H groups in total. The molecule has 47 heavy (non-hydrogen) atoms. The minimum atomic E-state index is -1.91. The monoisotopic (exact) mass is 679 g/mol. The molecule has 0 saturated carbocycles. The van der Waals surface area contributed by atoms with Gasteiger partial charge in [0.05, 0.1) is 0 Å². The van der Waals surface area contributed by atoms with E-state index in [-0.39, 0.29) is 0 Å². The standard InChI is InChI=1S/C27H37NO19/c1-10(29)37-8-17-19(39-12(3)31)21(41-14(5)33)24(25(44-17)43-16(7)35)46-26-23(42-15(6)34)22(47-27(28)36)20(40-13(4)32)18(45-26)9-38-11(2)30/h17-26H,8-9H2,1-7H3,(H2,28,36)/t17-,18-,19+,20-,21-,22+,23+,24-,25+,26+/m1/s1. The van der Waals surface area contributed by atoms with Crippen LogP contribution in [-0.4, -0.2) is 123 Å². The van der Waals surface area contributed by atoms with Gasteiger partial charge in [0.25, 0.3) is 0 Å². The van der Waals surface area contributed by atoms with E-state index in [1.807, 2.05) is 0 Å². The van der Waals surface area contributed by atoms with Crippen LogP contribution in [0.2, 0.25) is 0 Å². The van der Waals surface area contributed by atoms with E-state index >= 15 is 0 Å². The van der Waals surface area contributed by atoms with Gasteiger partial charge in [-0.15, -0.1) is 0 Å². The van der Waals surface area contributed by atoms with Crippen molar-refractivity contribution in [3.8, 4) is 0 Å². The van der Waals surface area contributed by atoms with Crippen LogP contribution in [0.5, 0.6) is 0 Å². The fourth-order valence-electron chi connectivity index (χ4n) is 4.67. The van der Waals surface area contributed by atoms with Crippen LogP contribution in [0.25, 0.3) is 0 Å². The summed E-state index contributed by atoms with van der Waals surface area (Å²) in [4.78, 5) is 96.0. The molecule has 2 fully saturated rings. The van der Waals surface area contributed by atoms with Crippen molar-refractivity contribution in [3.63, 3.8) is 0 Å². The lowest BCUT2D eigenvalue weighted by molar-refractivity contribution is -0.363. The van der Waals surface area contributed by atoms with Gasteiger partial charge in [-0.25, -0.2) is 4.79 Å². The van der Waals surface area contributed by atoms with Gasteiger partial charge < -0.3 is 57.8 Å². The Hall–Kier alpha value is -4.56. The Morgan fingerprint density at radius 2 is 0.809 bits per heavy atom. The van der Waals surface area contributed by atoms with Crippen LogP contribution >= 0.6 is 0 Å². The normalized spacial score (nSPS) is 30.0. The van der Waals surface area contributed by atoms with Crippen LogP contribution < -0.4 is 5.73 Å². The van der Waals surface area contributed by atoms with Crippen molar-refractivity contribution < 1.29 is 90.5 Å². The van der Waals surface area contributed by atoms with Gasteiger partial charge in [-0.2, -0.15) is 0 Å². The van der Waals surface area contributed by atoms with E-state index in [4.69, 9.17) is 57.8 Å². The molecule has 264 valence electrons. The summed E-state index contributed by atoms with van der Waals surface area (Å²) in [5.74, 6) is -6.26. The summed E-state index contributed by atoms with van der Waals surface area (Å²) in [5.41, 5.74) is 5.26. The first-order chi connectivity index (χ1) is 21.9. The van der Waals surface area contributed by atoms with Crippen LogP contribution in [0.4, 0.5) is 4.79 Å². The summed E-state index contributed by atoms with van der Waals surface area (Å²) in [6.07, 6.45) is -18.3. The van der Waals surface area contributed by atoms with Crippen molar-refractivity contribution in [1.29, 1.82) is 0 Å². The van der Waals surface area contributed by atoms with E-state index in [9.17, 15) is 38.4 Å². The van der Waals surface area contributed by atoms with Gasteiger partial charge in [-0.05, 0) is 0 Å². The van der Waals surface area contributed by atoms with E-state index < -0.39 is 123 Å². The average Bonchev–Trinajstić information content (AvgIpc) is 2.91. The fraction of sp³-hybridized carbons (Fsp3) is 0.704. The molecule has 10 atom stereocenters. The number of amides is 1. The molecule has 0 bridgehead atoms. The molecule has 0 aromatic rings. The average molecular weight is 680 g/mol. The van der Waals surface area contributed by atoms with E-state index in [0.29, 0.717) is 0 Å². The maximum Gasteiger partial charge on any atom is 0.405 e. The summed E-state index contributed by atoms with van der Waals surface area (Å²) in [7, 11) is 0. The number of ether oxygens (including phenoxy) is 11. The predicted molar refractivity (Wildman–Crippen MR) is 144 cm³/mol. The van der Waals surface area contributed by atoms with Gasteiger partial charge in [-0.1, -0.05) is 0 Å².